The van der Waals surface area contributed by atoms with Crippen molar-refractivity contribution in [2.45, 2.75) is 19.6 Å². The molecule has 1 heterocycles. The van der Waals surface area contributed by atoms with Crippen LogP contribution in [-0.2, 0) is 30.4 Å². The van der Waals surface area contributed by atoms with Gasteiger partial charge in [-0.25, -0.2) is 4.79 Å². The minimum Gasteiger partial charge on any atom is -0.460 e. The first-order valence-electron chi connectivity index (χ1n) is 10.8. The monoisotopic (exact) mass is 483 g/mol. The van der Waals surface area contributed by atoms with E-state index in [2.05, 4.69) is 10.6 Å². The average molecular weight is 484 g/mol. The molecule has 2 aromatic rings. The van der Waals surface area contributed by atoms with Gasteiger partial charge in [0, 0.05) is 25.5 Å². The molecular formula is C25H29N3O5S. The van der Waals surface area contributed by atoms with E-state index < -0.39 is 12.0 Å². The van der Waals surface area contributed by atoms with Gasteiger partial charge in [0.25, 0.3) is 0 Å². The average Bonchev–Trinajstić information content (AvgIpc) is 2.83. The summed E-state index contributed by atoms with van der Waals surface area (Å²) in [6, 6.07) is 16.4. The van der Waals surface area contributed by atoms with E-state index in [1.807, 2.05) is 49.4 Å². The van der Waals surface area contributed by atoms with Crippen LogP contribution in [0, 0.1) is 0 Å². The molecule has 0 bridgehead atoms. The van der Waals surface area contributed by atoms with Gasteiger partial charge < -0.3 is 29.7 Å². The molecule has 9 heteroatoms. The second-order valence-electron chi connectivity index (χ2n) is 7.72. The molecule has 0 saturated carbocycles. The van der Waals surface area contributed by atoms with Crippen LogP contribution in [0.2, 0.25) is 0 Å². The van der Waals surface area contributed by atoms with Crippen molar-refractivity contribution >= 4 is 34.9 Å². The number of rotatable bonds is 10. The Kier molecular flexibility index (Phi) is 9.15. The maximum atomic E-state index is 12.9. The SMILES string of the molecule is COCCOC(=O)C1=C(C)N(C)C(=S)N[C@@H]1c1cccc(NC(=O)COCc2ccccc2)c1. The zero-order valence-corrected chi connectivity index (χ0v) is 20.3. The summed E-state index contributed by atoms with van der Waals surface area (Å²) < 4.78 is 15.9. The predicted octanol–water partition coefficient (Wildman–Crippen LogP) is 3.17. The Hall–Kier alpha value is -3.27. The van der Waals surface area contributed by atoms with E-state index in [0.29, 0.717) is 35.3 Å². The number of carbonyl (C=O) groups excluding carboxylic acids is 2. The standard InChI is InChI=1S/C25H29N3O5S/c1-17-22(24(30)33-13-12-31-3)23(27-25(34)28(17)2)19-10-7-11-20(14-19)26-21(29)16-32-15-18-8-5-4-6-9-18/h4-11,14,23H,12-13,15-16H2,1-3H3,(H,26,29)(H,27,34)/t23-/m1/s1. The number of benzene rings is 2. The zero-order chi connectivity index (χ0) is 24.5. The third-order valence-electron chi connectivity index (χ3n) is 5.34. The van der Waals surface area contributed by atoms with Crippen LogP contribution >= 0.6 is 12.2 Å². The Morgan fingerprint density at radius 3 is 2.62 bits per heavy atom. The molecule has 34 heavy (non-hydrogen) atoms. The summed E-state index contributed by atoms with van der Waals surface area (Å²) in [4.78, 5) is 27.0. The number of methoxy groups -OCH3 is 1. The maximum Gasteiger partial charge on any atom is 0.338 e. The first kappa shape index (κ1) is 25.4. The summed E-state index contributed by atoms with van der Waals surface area (Å²) in [6.07, 6.45) is 0. The second-order valence-corrected chi connectivity index (χ2v) is 8.11. The van der Waals surface area contributed by atoms with Crippen LogP contribution in [0.4, 0.5) is 5.69 Å². The molecule has 0 spiro atoms. The molecule has 0 aromatic heterocycles. The van der Waals surface area contributed by atoms with Gasteiger partial charge in [-0.3, -0.25) is 4.79 Å². The van der Waals surface area contributed by atoms with E-state index in [-0.39, 0.29) is 19.1 Å². The maximum absolute atomic E-state index is 12.9. The minimum atomic E-state index is -0.523. The van der Waals surface area contributed by atoms with Crippen molar-refractivity contribution in [3.63, 3.8) is 0 Å². The van der Waals surface area contributed by atoms with Crippen LogP contribution in [0.25, 0.3) is 0 Å². The number of anilines is 1. The Balaban J connectivity index is 1.71. The Bertz CT molecular complexity index is 1060. The van der Waals surface area contributed by atoms with E-state index in [1.165, 1.54) is 0 Å². The smallest absolute Gasteiger partial charge is 0.338 e. The Morgan fingerprint density at radius 2 is 1.88 bits per heavy atom. The number of ether oxygens (including phenoxy) is 3. The van der Waals surface area contributed by atoms with Gasteiger partial charge in [-0.15, -0.1) is 0 Å². The van der Waals surface area contributed by atoms with Gasteiger partial charge in [-0.05, 0) is 42.4 Å². The van der Waals surface area contributed by atoms with Gasteiger partial charge >= 0.3 is 5.97 Å². The lowest BCUT2D eigenvalue weighted by molar-refractivity contribution is -0.140. The molecule has 2 aromatic carbocycles. The third-order valence-corrected chi connectivity index (χ3v) is 5.73. The molecule has 2 N–H and O–H groups in total. The molecule has 0 saturated heterocycles. The van der Waals surface area contributed by atoms with Gasteiger partial charge in [0.05, 0.1) is 24.8 Å². The van der Waals surface area contributed by atoms with Crippen LogP contribution in [-0.4, -0.2) is 55.9 Å². The van der Waals surface area contributed by atoms with Crippen molar-refractivity contribution in [1.82, 2.24) is 10.2 Å². The van der Waals surface area contributed by atoms with Crippen molar-refractivity contribution in [3.8, 4) is 0 Å². The number of hydrogen-bond acceptors (Lipinski definition) is 6. The minimum absolute atomic E-state index is 0.0776. The normalized spacial score (nSPS) is 15.7. The number of thiocarbonyl (C=S) groups is 1. The van der Waals surface area contributed by atoms with Crippen LogP contribution in [0.15, 0.2) is 65.9 Å². The summed E-state index contributed by atoms with van der Waals surface area (Å²) >= 11 is 5.44. The molecule has 0 unspecified atom stereocenters. The lowest BCUT2D eigenvalue weighted by Crippen LogP contribution is -2.46. The molecule has 1 aliphatic heterocycles. The highest BCUT2D eigenvalue weighted by Gasteiger charge is 2.33. The molecule has 0 aliphatic carbocycles. The first-order valence-corrected chi connectivity index (χ1v) is 11.2. The van der Waals surface area contributed by atoms with Crippen molar-refractivity contribution in [2.75, 3.05) is 39.3 Å². The van der Waals surface area contributed by atoms with E-state index in [1.54, 1.807) is 31.2 Å². The summed E-state index contributed by atoms with van der Waals surface area (Å²) in [6.45, 7) is 2.54. The highest BCUT2D eigenvalue weighted by atomic mass is 32.1. The number of nitrogens with zero attached hydrogens (tertiary/aromatic N) is 1. The van der Waals surface area contributed by atoms with Gasteiger partial charge in [0.1, 0.15) is 13.2 Å². The van der Waals surface area contributed by atoms with E-state index >= 15 is 0 Å². The Labute approximate surface area is 204 Å². The summed E-state index contributed by atoms with van der Waals surface area (Å²) in [5.74, 6) is -0.726. The highest BCUT2D eigenvalue weighted by Crippen LogP contribution is 2.31. The molecule has 1 aliphatic rings. The first-order chi connectivity index (χ1) is 16.4. The highest BCUT2D eigenvalue weighted by molar-refractivity contribution is 7.80. The van der Waals surface area contributed by atoms with Crippen LogP contribution in [0.3, 0.4) is 0 Å². The lowest BCUT2D eigenvalue weighted by atomic mass is 9.95. The second kappa shape index (κ2) is 12.3. The van der Waals surface area contributed by atoms with Crippen molar-refractivity contribution in [1.29, 1.82) is 0 Å². The van der Waals surface area contributed by atoms with Crippen molar-refractivity contribution in [3.05, 3.63) is 77.0 Å². The number of nitrogens with one attached hydrogen (secondary N) is 2. The summed E-state index contributed by atoms with van der Waals surface area (Å²) in [7, 11) is 3.33. The van der Waals surface area contributed by atoms with E-state index in [9.17, 15) is 9.59 Å². The van der Waals surface area contributed by atoms with Gasteiger partial charge in [0.2, 0.25) is 5.91 Å². The molecule has 8 nitrogen and oxygen atoms in total. The number of allylic oxidation sites excluding steroid dienone is 1. The van der Waals surface area contributed by atoms with Crippen molar-refractivity contribution in [2.24, 2.45) is 0 Å². The lowest BCUT2D eigenvalue weighted by Gasteiger charge is -2.35. The molecule has 0 fully saturated rings. The third kappa shape index (κ3) is 6.63. The number of hydrogen-bond donors (Lipinski definition) is 2. The number of esters is 1. The summed E-state index contributed by atoms with van der Waals surface area (Å²) in [5, 5.41) is 6.52. The quantitative estimate of drug-likeness (QED) is 0.303. The number of amides is 1. The molecule has 180 valence electrons. The number of carbonyl (C=O) groups is 2. The largest absolute Gasteiger partial charge is 0.460 e. The van der Waals surface area contributed by atoms with E-state index in [0.717, 1.165) is 11.1 Å². The van der Waals surface area contributed by atoms with E-state index in [4.69, 9.17) is 26.4 Å². The summed E-state index contributed by atoms with van der Waals surface area (Å²) in [5.41, 5.74) is 3.48. The van der Waals surface area contributed by atoms with Crippen molar-refractivity contribution < 1.29 is 23.8 Å². The fraction of sp³-hybridized carbons (Fsp3) is 0.320. The van der Waals surface area contributed by atoms with Crippen LogP contribution in [0.1, 0.15) is 24.1 Å². The Morgan fingerprint density at radius 1 is 1.12 bits per heavy atom. The predicted molar refractivity (Wildman–Crippen MR) is 133 cm³/mol. The molecule has 3 rings (SSSR count). The molecule has 1 atom stereocenters. The zero-order valence-electron chi connectivity index (χ0n) is 19.5. The van der Waals surface area contributed by atoms with Crippen LogP contribution < -0.4 is 10.6 Å². The molecule has 0 radical (unpaired) electrons. The molecular weight excluding hydrogens is 454 g/mol. The van der Waals surface area contributed by atoms with Gasteiger partial charge in [-0.1, -0.05) is 42.5 Å². The van der Waals surface area contributed by atoms with Gasteiger partial charge in [0.15, 0.2) is 5.11 Å². The fourth-order valence-electron chi connectivity index (χ4n) is 3.47. The fourth-order valence-corrected chi connectivity index (χ4v) is 3.73. The van der Waals surface area contributed by atoms with Crippen LogP contribution in [0.5, 0.6) is 0 Å². The topological polar surface area (TPSA) is 89.1 Å². The molecule has 1 amide bonds. The van der Waals surface area contributed by atoms with Gasteiger partial charge in [-0.2, -0.15) is 0 Å².